The summed E-state index contributed by atoms with van der Waals surface area (Å²) in [7, 11) is 0. The van der Waals surface area contributed by atoms with Crippen molar-refractivity contribution in [1.82, 2.24) is 15.5 Å². The molecule has 3 N–H and O–H groups in total. The average Bonchev–Trinajstić information content (AvgIpc) is 2.57. The number of nitrogens with one attached hydrogen (secondary N) is 2. The summed E-state index contributed by atoms with van der Waals surface area (Å²) in [6.07, 6.45) is 0.138. The minimum absolute atomic E-state index is 0.162. The first-order valence-electron chi connectivity index (χ1n) is 8.09. The average molecular weight is 328 g/mol. The van der Waals surface area contributed by atoms with E-state index in [-0.39, 0.29) is 11.8 Å². The van der Waals surface area contributed by atoms with Gasteiger partial charge >= 0.3 is 0 Å². The van der Waals surface area contributed by atoms with Gasteiger partial charge in [0.25, 0.3) is 5.91 Å². The number of aliphatic hydroxyl groups is 1. The molecule has 1 amide bonds. The van der Waals surface area contributed by atoms with Crippen LogP contribution in [-0.2, 0) is 0 Å². The highest BCUT2D eigenvalue weighted by Gasteiger charge is 2.11. The Balaban J connectivity index is 1.94. The lowest BCUT2D eigenvalue weighted by Crippen LogP contribution is -2.28. The van der Waals surface area contributed by atoms with Gasteiger partial charge in [0.05, 0.1) is 11.8 Å². The largest absolute Gasteiger partial charge is 0.393 e. The second-order valence-corrected chi connectivity index (χ2v) is 6.12. The molecule has 0 fully saturated rings. The van der Waals surface area contributed by atoms with Gasteiger partial charge in [-0.25, -0.2) is 0 Å². The van der Waals surface area contributed by atoms with Crippen LogP contribution in [-0.4, -0.2) is 33.9 Å². The third-order valence-electron chi connectivity index (χ3n) is 3.69. The molecule has 2 rings (SSSR count). The summed E-state index contributed by atoms with van der Waals surface area (Å²) in [6.45, 7) is 6.22. The molecule has 0 aliphatic heterocycles. The van der Waals surface area contributed by atoms with Crippen molar-refractivity contribution in [2.45, 2.75) is 33.3 Å². The lowest BCUT2D eigenvalue weighted by Gasteiger charge is -2.14. The first-order valence-corrected chi connectivity index (χ1v) is 8.09. The van der Waals surface area contributed by atoms with E-state index in [0.29, 0.717) is 24.3 Å². The molecule has 0 aliphatic carbocycles. The van der Waals surface area contributed by atoms with Crippen LogP contribution in [0, 0.1) is 12.8 Å². The van der Waals surface area contributed by atoms with Gasteiger partial charge in [0.1, 0.15) is 0 Å². The summed E-state index contributed by atoms with van der Waals surface area (Å²) in [4.78, 5) is 12.2. The normalized spacial score (nSPS) is 12.0. The number of carbonyl (C=O) groups excluding carboxylic acids is 1. The number of amides is 1. The van der Waals surface area contributed by atoms with Gasteiger partial charge < -0.3 is 15.7 Å². The molecule has 1 heterocycles. The Morgan fingerprint density at radius 2 is 2.00 bits per heavy atom. The second-order valence-electron chi connectivity index (χ2n) is 6.12. The van der Waals surface area contributed by atoms with Crippen LogP contribution in [0.25, 0.3) is 0 Å². The van der Waals surface area contributed by atoms with Crippen molar-refractivity contribution in [2.24, 2.45) is 5.92 Å². The number of aryl methyl sites for hydroxylation is 1. The van der Waals surface area contributed by atoms with Gasteiger partial charge in [-0.2, -0.15) is 5.10 Å². The maximum Gasteiger partial charge on any atom is 0.251 e. The summed E-state index contributed by atoms with van der Waals surface area (Å²) in [6, 6.07) is 10.9. The third-order valence-corrected chi connectivity index (χ3v) is 3.69. The van der Waals surface area contributed by atoms with E-state index in [4.69, 9.17) is 0 Å². The molecule has 0 radical (unpaired) electrons. The molecule has 0 saturated heterocycles. The number of anilines is 2. The van der Waals surface area contributed by atoms with Crippen molar-refractivity contribution < 1.29 is 9.90 Å². The van der Waals surface area contributed by atoms with Crippen LogP contribution < -0.4 is 10.6 Å². The van der Waals surface area contributed by atoms with Crippen molar-refractivity contribution in [1.29, 1.82) is 0 Å². The third kappa shape index (κ3) is 5.31. The van der Waals surface area contributed by atoms with Crippen LogP contribution in [0.3, 0.4) is 0 Å². The fourth-order valence-electron chi connectivity index (χ4n) is 2.12. The highest BCUT2D eigenvalue weighted by molar-refractivity contribution is 5.95. The number of rotatable bonds is 7. The van der Waals surface area contributed by atoms with Gasteiger partial charge in [-0.15, -0.1) is 5.10 Å². The molecule has 6 heteroatoms. The van der Waals surface area contributed by atoms with Crippen LogP contribution in [0.1, 0.15) is 36.3 Å². The Morgan fingerprint density at radius 1 is 1.21 bits per heavy atom. The Labute approximate surface area is 142 Å². The lowest BCUT2D eigenvalue weighted by atomic mass is 10.0. The van der Waals surface area contributed by atoms with E-state index in [1.807, 2.05) is 45.0 Å². The van der Waals surface area contributed by atoms with Gasteiger partial charge in [0, 0.05) is 17.8 Å². The molecule has 0 saturated carbocycles. The number of hydrogen-bond donors (Lipinski definition) is 3. The van der Waals surface area contributed by atoms with Crippen molar-refractivity contribution in [3.63, 3.8) is 0 Å². The van der Waals surface area contributed by atoms with Crippen LogP contribution in [0.2, 0.25) is 0 Å². The monoisotopic (exact) mass is 328 g/mol. The number of carbonyl (C=O) groups is 1. The smallest absolute Gasteiger partial charge is 0.251 e. The van der Waals surface area contributed by atoms with E-state index < -0.39 is 6.10 Å². The fraction of sp³-hybridized carbons (Fsp3) is 0.389. The number of benzene rings is 1. The number of aromatic nitrogens is 2. The molecule has 128 valence electrons. The maximum atomic E-state index is 12.2. The lowest BCUT2D eigenvalue weighted by molar-refractivity contribution is 0.0920. The fourth-order valence-corrected chi connectivity index (χ4v) is 2.12. The van der Waals surface area contributed by atoms with Gasteiger partial charge in [-0.3, -0.25) is 4.79 Å². The molecule has 0 spiro atoms. The molecule has 2 aromatic rings. The van der Waals surface area contributed by atoms with Gasteiger partial charge in [-0.1, -0.05) is 19.9 Å². The molecule has 1 atom stereocenters. The first-order chi connectivity index (χ1) is 11.5. The summed E-state index contributed by atoms with van der Waals surface area (Å²) in [5.41, 5.74) is 2.17. The molecule has 1 aromatic carbocycles. The number of nitrogens with zero attached hydrogens (tertiary/aromatic N) is 2. The summed E-state index contributed by atoms with van der Waals surface area (Å²) in [5.74, 6) is 0.646. The van der Waals surface area contributed by atoms with Gasteiger partial charge in [-0.05, 0) is 49.6 Å². The zero-order valence-electron chi connectivity index (χ0n) is 14.3. The first kappa shape index (κ1) is 17.9. The summed E-state index contributed by atoms with van der Waals surface area (Å²) in [5, 5.41) is 23.7. The molecule has 0 aliphatic rings. The van der Waals surface area contributed by atoms with Crippen molar-refractivity contribution >= 4 is 17.4 Å². The van der Waals surface area contributed by atoms with Gasteiger partial charge in [0.15, 0.2) is 5.82 Å². The van der Waals surface area contributed by atoms with E-state index in [0.717, 1.165) is 11.4 Å². The van der Waals surface area contributed by atoms with Gasteiger partial charge in [0.2, 0.25) is 0 Å². The molecule has 24 heavy (non-hydrogen) atoms. The standard InChI is InChI=1S/C18H24N4O2/c1-12(2)16(23)9-10-19-18(24)14-5-4-6-15(11-14)20-17-8-7-13(3)21-22-17/h4-8,11-12,16,23H,9-10H2,1-3H3,(H,19,24)(H,20,22). The zero-order valence-corrected chi connectivity index (χ0v) is 14.3. The van der Waals surface area contributed by atoms with Crippen LogP contribution in [0.5, 0.6) is 0 Å². The quantitative estimate of drug-likeness (QED) is 0.727. The van der Waals surface area contributed by atoms with E-state index in [1.54, 1.807) is 12.1 Å². The Bertz CT molecular complexity index is 671. The molecule has 1 aromatic heterocycles. The Hall–Kier alpha value is -2.47. The highest BCUT2D eigenvalue weighted by atomic mass is 16.3. The molecular formula is C18H24N4O2. The Kier molecular flexibility index (Phi) is 6.26. The molecular weight excluding hydrogens is 304 g/mol. The number of hydrogen-bond acceptors (Lipinski definition) is 5. The Morgan fingerprint density at radius 3 is 2.67 bits per heavy atom. The molecule has 1 unspecified atom stereocenters. The van der Waals surface area contributed by atoms with Crippen molar-refractivity contribution in [3.05, 3.63) is 47.7 Å². The van der Waals surface area contributed by atoms with Crippen LogP contribution >= 0.6 is 0 Å². The minimum Gasteiger partial charge on any atom is -0.393 e. The maximum absolute atomic E-state index is 12.2. The topological polar surface area (TPSA) is 87.1 Å². The number of aliphatic hydroxyl groups excluding tert-OH is 1. The van der Waals surface area contributed by atoms with Crippen LogP contribution in [0.15, 0.2) is 36.4 Å². The second kappa shape index (κ2) is 8.40. The minimum atomic E-state index is -0.404. The van der Waals surface area contributed by atoms with E-state index in [2.05, 4.69) is 20.8 Å². The van der Waals surface area contributed by atoms with E-state index in [1.165, 1.54) is 0 Å². The van der Waals surface area contributed by atoms with Crippen molar-refractivity contribution in [2.75, 3.05) is 11.9 Å². The van der Waals surface area contributed by atoms with E-state index >= 15 is 0 Å². The van der Waals surface area contributed by atoms with E-state index in [9.17, 15) is 9.90 Å². The van der Waals surface area contributed by atoms with Crippen LogP contribution in [0.4, 0.5) is 11.5 Å². The zero-order chi connectivity index (χ0) is 17.5. The molecule has 0 bridgehead atoms. The molecule has 6 nitrogen and oxygen atoms in total. The predicted molar refractivity (Wildman–Crippen MR) is 94.3 cm³/mol. The predicted octanol–water partition coefficient (Wildman–Crippen LogP) is 2.67. The highest BCUT2D eigenvalue weighted by Crippen LogP contribution is 2.15. The summed E-state index contributed by atoms with van der Waals surface area (Å²) < 4.78 is 0. The van der Waals surface area contributed by atoms with Crippen molar-refractivity contribution in [3.8, 4) is 0 Å². The SMILES string of the molecule is Cc1ccc(Nc2cccc(C(=O)NCCC(O)C(C)C)c2)nn1. The summed E-state index contributed by atoms with van der Waals surface area (Å²) >= 11 is 0.